The Morgan fingerprint density at radius 1 is 0.880 bits per heavy atom. The second kappa shape index (κ2) is 6.27. The van der Waals surface area contributed by atoms with Gasteiger partial charge in [-0.05, 0) is 31.5 Å². The van der Waals surface area contributed by atoms with Crippen molar-refractivity contribution in [2.45, 2.75) is 18.7 Å². The summed E-state index contributed by atoms with van der Waals surface area (Å²) >= 11 is 0. The molecule has 0 amide bonds. The van der Waals surface area contributed by atoms with E-state index in [1.807, 2.05) is 26.0 Å². The second-order valence-electron chi connectivity index (χ2n) is 5.75. The van der Waals surface area contributed by atoms with Crippen LogP contribution < -0.4 is 0 Å². The average Bonchev–Trinajstić information content (AvgIpc) is 2.54. The Morgan fingerprint density at radius 2 is 1.52 bits per heavy atom. The number of aromatic hydroxyl groups is 1. The predicted molar refractivity (Wildman–Crippen MR) is 95.5 cm³/mol. The molecule has 128 valence electrons. The molecule has 3 aromatic carbocycles. The van der Waals surface area contributed by atoms with Crippen LogP contribution in [0, 0.1) is 13.8 Å². The van der Waals surface area contributed by atoms with Crippen LogP contribution >= 0.6 is 0 Å². The maximum atomic E-state index is 11.7. The number of aryl methyl sites for hydroxylation is 2. The Morgan fingerprint density at radius 3 is 2.16 bits per heavy atom. The number of fused-ring (bicyclic) bond motifs is 1. The fraction of sp³-hybridized carbons (Fsp3) is 0.111. The third kappa shape index (κ3) is 3.38. The van der Waals surface area contributed by atoms with Gasteiger partial charge in [0.2, 0.25) is 0 Å². The summed E-state index contributed by atoms with van der Waals surface area (Å²) in [6.45, 7) is 3.84. The van der Waals surface area contributed by atoms with Gasteiger partial charge in [0.05, 0.1) is 5.69 Å². The molecular weight excluding hydrogens is 340 g/mol. The lowest BCUT2D eigenvalue weighted by Gasteiger charge is -2.08. The maximum Gasteiger partial charge on any atom is 0.295 e. The maximum absolute atomic E-state index is 11.7. The summed E-state index contributed by atoms with van der Waals surface area (Å²) < 4.78 is 32.8. The zero-order valence-electron chi connectivity index (χ0n) is 13.6. The highest BCUT2D eigenvalue weighted by atomic mass is 32.2. The van der Waals surface area contributed by atoms with Crippen LogP contribution in [-0.2, 0) is 10.1 Å². The molecule has 3 aromatic rings. The molecule has 0 bridgehead atoms. The van der Waals surface area contributed by atoms with Crippen molar-refractivity contribution in [3.05, 3.63) is 59.7 Å². The van der Waals surface area contributed by atoms with E-state index in [1.54, 1.807) is 24.3 Å². The van der Waals surface area contributed by atoms with Crippen LogP contribution in [0.3, 0.4) is 0 Å². The van der Waals surface area contributed by atoms with Gasteiger partial charge in [0, 0.05) is 10.8 Å². The molecule has 25 heavy (non-hydrogen) atoms. The zero-order valence-corrected chi connectivity index (χ0v) is 14.4. The molecule has 0 fully saturated rings. The van der Waals surface area contributed by atoms with Gasteiger partial charge in [0.1, 0.15) is 10.6 Å². The fourth-order valence-electron chi connectivity index (χ4n) is 2.63. The number of rotatable bonds is 3. The van der Waals surface area contributed by atoms with Crippen molar-refractivity contribution in [1.82, 2.24) is 0 Å². The first-order valence-corrected chi connectivity index (χ1v) is 8.92. The molecule has 0 radical (unpaired) electrons. The molecule has 0 spiro atoms. The molecule has 2 N–H and O–H groups in total. The van der Waals surface area contributed by atoms with Crippen molar-refractivity contribution in [2.24, 2.45) is 10.2 Å². The Labute approximate surface area is 145 Å². The standard InChI is InChI=1S/C18H16N2O4S/c1-11-7-8-15(12(2)9-11)19-20-16-10-17(25(22,23)24)13-5-3-4-6-14(13)18(16)21/h3-10,21H,1-2H3,(H,22,23,24). The summed E-state index contributed by atoms with van der Waals surface area (Å²) in [7, 11) is -4.48. The van der Waals surface area contributed by atoms with Gasteiger partial charge in [-0.15, -0.1) is 5.11 Å². The highest BCUT2D eigenvalue weighted by Gasteiger charge is 2.19. The minimum absolute atomic E-state index is 0.0358. The molecule has 7 heteroatoms. The van der Waals surface area contributed by atoms with E-state index in [4.69, 9.17) is 0 Å². The smallest absolute Gasteiger partial charge is 0.295 e. The minimum Gasteiger partial charge on any atom is -0.505 e. The van der Waals surface area contributed by atoms with E-state index in [1.165, 1.54) is 6.07 Å². The van der Waals surface area contributed by atoms with E-state index in [-0.39, 0.29) is 27.1 Å². The van der Waals surface area contributed by atoms with Crippen molar-refractivity contribution in [3.63, 3.8) is 0 Å². The number of azo groups is 1. The van der Waals surface area contributed by atoms with Crippen molar-refractivity contribution >= 4 is 32.3 Å². The van der Waals surface area contributed by atoms with Gasteiger partial charge in [-0.1, -0.05) is 42.0 Å². The Kier molecular flexibility index (Phi) is 4.28. The van der Waals surface area contributed by atoms with E-state index >= 15 is 0 Å². The molecule has 6 nitrogen and oxygen atoms in total. The van der Waals surface area contributed by atoms with Crippen LogP contribution in [0.4, 0.5) is 11.4 Å². The van der Waals surface area contributed by atoms with Crippen LogP contribution in [0.5, 0.6) is 5.75 Å². The predicted octanol–water partition coefficient (Wildman–Crippen LogP) is 4.82. The quantitative estimate of drug-likeness (QED) is 0.519. The number of phenolic OH excluding ortho intramolecular Hbond substituents is 1. The van der Waals surface area contributed by atoms with Crippen molar-refractivity contribution < 1.29 is 18.1 Å². The largest absolute Gasteiger partial charge is 0.505 e. The molecule has 0 aromatic heterocycles. The third-order valence-corrected chi connectivity index (χ3v) is 4.75. The van der Waals surface area contributed by atoms with Gasteiger partial charge in [0.15, 0.2) is 5.75 Å². The van der Waals surface area contributed by atoms with Crippen molar-refractivity contribution in [2.75, 3.05) is 0 Å². The summed E-state index contributed by atoms with van der Waals surface area (Å²) in [5, 5.41) is 19.0. The highest BCUT2D eigenvalue weighted by molar-refractivity contribution is 7.86. The van der Waals surface area contributed by atoms with E-state index in [0.717, 1.165) is 17.2 Å². The molecule has 0 aliphatic rings. The van der Waals surface area contributed by atoms with Crippen LogP contribution in [-0.4, -0.2) is 18.1 Å². The topological polar surface area (TPSA) is 99.3 Å². The summed E-state index contributed by atoms with van der Waals surface area (Å²) in [6.07, 6.45) is 0. The lowest BCUT2D eigenvalue weighted by molar-refractivity contribution is 0.480. The lowest BCUT2D eigenvalue weighted by atomic mass is 10.1. The summed E-state index contributed by atoms with van der Waals surface area (Å²) in [4.78, 5) is -0.324. The SMILES string of the molecule is Cc1ccc(N=Nc2cc(S(=O)(=O)O)c3ccccc3c2O)c(C)c1. The van der Waals surface area contributed by atoms with Gasteiger partial charge >= 0.3 is 0 Å². The Balaban J connectivity index is 2.19. The molecular formula is C18H16N2O4S. The summed E-state index contributed by atoms with van der Waals surface area (Å²) in [5.74, 6) is -0.198. The van der Waals surface area contributed by atoms with E-state index < -0.39 is 10.1 Å². The highest BCUT2D eigenvalue weighted by Crippen LogP contribution is 2.39. The van der Waals surface area contributed by atoms with Gasteiger partial charge in [0.25, 0.3) is 10.1 Å². The molecule has 3 rings (SSSR count). The van der Waals surface area contributed by atoms with Crippen LogP contribution in [0.15, 0.2) is 63.7 Å². The molecule has 0 aliphatic heterocycles. The van der Waals surface area contributed by atoms with Gasteiger partial charge in [-0.2, -0.15) is 13.5 Å². The molecule has 0 atom stereocenters. The molecule has 0 aliphatic carbocycles. The van der Waals surface area contributed by atoms with Gasteiger partial charge in [-0.25, -0.2) is 0 Å². The van der Waals surface area contributed by atoms with Crippen LogP contribution in [0.25, 0.3) is 10.8 Å². The van der Waals surface area contributed by atoms with Crippen LogP contribution in [0.2, 0.25) is 0 Å². The second-order valence-corrected chi connectivity index (χ2v) is 7.14. The monoisotopic (exact) mass is 356 g/mol. The van der Waals surface area contributed by atoms with Crippen molar-refractivity contribution in [3.8, 4) is 5.75 Å². The lowest BCUT2D eigenvalue weighted by Crippen LogP contribution is -1.99. The van der Waals surface area contributed by atoms with Gasteiger partial charge < -0.3 is 5.11 Å². The van der Waals surface area contributed by atoms with Crippen LogP contribution in [0.1, 0.15) is 11.1 Å². The van der Waals surface area contributed by atoms with Gasteiger partial charge in [-0.3, -0.25) is 4.55 Å². The normalized spacial score (nSPS) is 12.1. The molecule has 0 saturated heterocycles. The average molecular weight is 356 g/mol. The minimum atomic E-state index is -4.48. The Hall–Kier alpha value is -2.77. The first-order valence-electron chi connectivity index (χ1n) is 7.48. The van der Waals surface area contributed by atoms with E-state index in [9.17, 15) is 18.1 Å². The fourth-order valence-corrected chi connectivity index (χ4v) is 3.34. The molecule has 0 heterocycles. The third-order valence-electron chi connectivity index (χ3n) is 3.85. The number of nitrogens with zero attached hydrogens (tertiary/aromatic N) is 2. The first-order chi connectivity index (χ1) is 11.8. The molecule has 0 unspecified atom stereocenters. The summed E-state index contributed by atoms with van der Waals surface area (Å²) in [6, 6.07) is 13.0. The summed E-state index contributed by atoms with van der Waals surface area (Å²) in [5.41, 5.74) is 2.55. The zero-order chi connectivity index (χ0) is 18.2. The number of hydrogen-bond acceptors (Lipinski definition) is 5. The Bertz CT molecular complexity index is 1110. The number of hydrogen-bond donors (Lipinski definition) is 2. The number of phenols is 1. The number of benzene rings is 3. The van der Waals surface area contributed by atoms with E-state index in [2.05, 4.69) is 10.2 Å². The molecule has 0 saturated carbocycles. The first kappa shape index (κ1) is 17.1. The van der Waals surface area contributed by atoms with Crippen molar-refractivity contribution in [1.29, 1.82) is 0 Å². The van der Waals surface area contributed by atoms with E-state index in [0.29, 0.717) is 5.69 Å².